The molecule has 0 unspecified atom stereocenters. The number of benzene rings is 5. The third-order valence-electron chi connectivity index (χ3n) is 8.24. The van der Waals surface area contributed by atoms with Gasteiger partial charge in [0.25, 0.3) is 0 Å². The highest BCUT2D eigenvalue weighted by atomic mass is 79.9. The molecule has 0 N–H and O–H groups in total. The van der Waals surface area contributed by atoms with Gasteiger partial charge in [-0.1, -0.05) is 113 Å². The molecule has 0 amide bonds. The molecule has 0 bridgehead atoms. The van der Waals surface area contributed by atoms with Crippen LogP contribution in [0.4, 0.5) is 0 Å². The zero-order chi connectivity index (χ0) is 25.0. The Hall–Kier alpha value is -1.95. The van der Waals surface area contributed by atoms with Crippen molar-refractivity contribution in [1.29, 1.82) is 0 Å². The Kier molecular flexibility index (Phi) is 9.66. The molecule has 0 saturated heterocycles. The highest BCUT2D eigenvalue weighted by Crippen LogP contribution is 2.63. The van der Waals surface area contributed by atoms with Crippen molar-refractivity contribution in [3.05, 3.63) is 84.4 Å². The van der Waals surface area contributed by atoms with E-state index in [4.69, 9.17) is 0 Å². The first-order chi connectivity index (χ1) is 17.7. The molecule has 0 atom stereocenters. The minimum atomic E-state index is -0.974. The van der Waals surface area contributed by atoms with E-state index in [2.05, 4.69) is 99.6 Å². The zero-order valence-corrected chi connectivity index (χ0v) is 25.4. The lowest BCUT2D eigenvalue weighted by Gasteiger charge is -2.28. The summed E-state index contributed by atoms with van der Waals surface area (Å²) in [6.45, 7) is 7.09. The van der Waals surface area contributed by atoms with Crippen LogP contribution < -0.4 is 17.0 Å². The second kappa shape index (κ2) is 12.7. The van der Waals surface area contributed by atoms with E-state index in [9.17, 15) is 0 Å². The van der Waals surface area contributed by atoms with Gasteiger partial charge in [-0.2, -0.15) is 0 Å². The van der Waals surface area contributed by atoms with Gasteiger partial charge in [0.1, 0.15) is 0 Å². The molecule has 37 heavy (non-hydrogen) atoms. The lowest BCUT2D eigenvalue weighted by Crippen LogP contribution is -3.00. The third kappa shape index (κ3) is 5.89. The number of halogens is 1. The van der Waals surface area contributed by atoms with Crippen LogP contribution in [0, 0.1) is 0 Å². The van der Waals surface area contributed by atoms with Crippen molar-refractivity contribution in [2.45, 2.75) is 65.5 Å². The Morgan fingerprint density at radius 1 is 0.568 bits per heavy atom. The molecular formula is C35H42BrP. The van der Waals surface area contributed by atoms with Crippen LogP contribution in [0.5, 0.6) is 0 Å². The molecule has 5 rings (SSSR count). The molecule has 0 aromatic heterocycles. The van der Waals surface area contributed by atoms with Crippen LogP contribution in [-0.4, -0.2) is 18.5 Å². The Balaban J connectivity index is 0.00000320. The topological polar surface area (TPSA) is 0 Å². The zero-order valence-electron chi connectivity index (χ0n) is 22.9. The van der Waals surface area contributed by atoms with Crippen molar-refractivity contribution < 1.29 is 17.0 Å². The predicted octanol–water partition coefficient (Wildman–Crippen LogP) is 8.17. The van der Waals surface area contributed by atoms with Crippen molar-refractivity contribution in [1.82, 2.24) is 0 Å². The Bertz CT molecular complexity index is 1400. The first-order valence-electron chi connectivity index (χ1n) is 14.3. The monoisotopic (exact) mass is 572 g/mol. The number of rotatable bonds is 12. The lowest BCUT2D eigenvalue weighted by atomic mass is 9.89. The molecule has 0 aliphatic rings. The summed E-state index contributed by atoms with van der Waals surface area (Å²) in [5.74, 6) is 0. The number of hydrogen-bond acceptors (Lipinski definition) is 0. The maximum atomic E-state index is 2.53. The van der Waals surface area contributed by atoms with E-state index in [1.54, 1.807) is 5.56 Å². The summed E-state index contributed by atoms with van der Waals surface area (Å²) in [5, 5.41) is 8.25. The van der Waals surface area contributed by atoms with E-state index in [1.807, 2.05) is 0 Å². The average molecular weight is 574 g/mol. The summed E-state index contributed by atoms with van der Waals surface area (Å²) in [6.07, 6.45) is 13.9. The molecule has 0 fully saturated rings. The summed E-state index contributed by atoms with van der Waals surface area (Å²) < 4.78 is 0. The molecular weight excluding hydrogens is 531 g/mol. The van der Waals surface area contributed by atoms with Crippen LogP contribution in [0.3, 0.4) is 0 Å². The first-order valence-corrected chi connectivity index (χ1v) is 16.8. The van der Waals surface area contributed by atoms with Gasteiger partial charge in [-0.05, 0) is 74.3 Å². The quantitative estimate of drug-likeness (QED) is 0.104. The van der Waals surface area contributed by atoms with Crippen LogP contribution in [0.15, 0.2) is 78.9 Å². The summed E-state index contributed by atoms with van der Waals surface area (Å²) in [5.41, 5.74) is 4.32. The van der Waals surface area contributed by atoms with Crippen molar-refractivity contribution in [3.8, 4) is 11.1 Å². The normalized spacial score (nSPS) is 12.0. The molecule has 5 aromatic rings. The van der Waals surface area contributed by atoms with Gasteiger partial charge < -0.3 is 17.0 Å². The van der Waals surface area contributed by atoms with E-state index in [-0.39, 0.29) is 17.0 Å². The molecule has 0 heterocycles. The minimum absolute atomic E-state index is 0. The Labute approximate surface area is 235 Å². The van der Waals surface area contributed by atoms with Crippen LogP contribution in [0.2, 0.25) is 0 Å². The molecule has 0 aliphatic heterocycles. The fourth-order valence-corrected chi connectivity index (χ4v) is 11.3. The molecule has 194 valence electrons. The van der Waals surface area contributed by atoms with Crippen LogP contribution in [-0.2, 0) is 6.16 Å². The summed E-state index contributed by atoms with van der Waals surface area (Å²) in [4.78, 5) is 0. The molecule has 0 spiro atoms. The van der Waals surface area contributed by atoms with E-state index >= 15 is 0 Å². The molecule has 5 aromatic carbocycles. The van der Waals surface area contributed by atoms with Gasteiger partial charge in [0.2, 0.25) is 0 Å². The molecule has 0 saturated carbocycles. The molecule has 0 radical (unpaired) electrons. The molecule has 0 nitrogen and oxygen atoms in total. The standard InChI is InChI=1S/C35H42P.BrH/c1-4-7-22-36(23-8-5-2,24-9-6-3)26-27-12-10-15-31(25-27)32-20-18-30-17-16-28-13-11-14-29-19-21-33(32)35(30)34(28)29;/h10-21,25H,4-9,22-24,26H2,1-3H3;1H/q+1;/p-1. The van der Waals surface area contributed by atoms with E-state index in [0.717, 1.165) is 0 Å². The lowest BCUT2D eigenvalue weighted by molar-refractivity contribution is -0.00000733. The van der Waals surface area contributed by atoms with Crippen molar-refractivity contribution in [2.24, 2.45) is 0 Å². The van der Waals surface area contributed by atoms with Gasteiger partial charge >= 0.3 is 0 Å². The minimum Gasteiger partial charge on any atom is -1.00 e. The Morgan fingerprint density at radius 2 is 1.11 bits per heavy atom. The third-order valence-corrected chi connectivity index (χ3v) is 13.1. The summed E-state index contributed by atoms with van der Waals surface area (Å²) in [7, 11) is -0.974. The number of hydrogen-bond donors (Lipinski definition) is 0. The predicted molar refractivity (Wildman–Crippen MR) is 166 cm³/mol. The fourth-order valence-electron chi connectivity index (χ4n) is 6.26. The van der Waals surface area contributed by atoms with Gasteiger partial charge in [0.05, 0.1) is 24.6 Å². The van der Waals surface area contributed by atoms with Crippen LogP contribution >= 0.6 is 7.26 Å². The van der Waals surface area contributed by atoms with Gasteiger partial charge in [-0.25, -0.2) is 0 Å². The maximum Gasteiger partial charge on any atom is 0.0843 e. The number of unbranched alkanes of at least 4 members (excludes halogenated alkanes) is 3. The second-order valence-electron chi connectivity index (χ2n) is 10.9. The average Bonchev–Trinajstić information content (AvgIpc) is 2.92. The van der Waals surface area contributed by atoms with Crippen molar-refractivity contribution in [2.75, 3.05) is 18.5 Å². The van der Waals surface area contributed by atoms with Gasteiger partial charge in [0.15, 0.2) is 0 Å². The van der Waals surface area contributed by atoms with Gasteiger partial charge in [0, 0.05) is 7.26 Å². The van der Waals surface area contributed by atoms with E-state index in [1.165, 1.54) is 107 Å². The fraction of sp³-hybridized carbons (Fsp3) is 0.371. The van der Waals surface area contributed by atoms with Crippen molar-refractivity contribution >= 4 is 39.6 Å². The van der Waals surface area contributed by atoms with E-state index in [0.29, 0.717) is 0 Å². The van der Waals surface area contributed by atoms with Gasteiger partial charge in [-0.3, -0.25) is 0 Å². The first kappa shape index (κ1) is 28.1. The largest absolute Gasteiger partial charge is 1.00 e. The highest BCUT2D eigenvalue weighted by molar-refractivity contribution is 7.75. The highest BCUT2D eigenvalue weighted by Gasteiger charge is 2.35. The second-order valence-corrected chi connectivity index (χ2v) is 15.2. The molecule has 0 aliphatic carbocycles. The van der Waals surface area contributed by atoms with Crippen LogP contribution in [0.1, 0.15) is 64.9 Å². The maximum absolute atomic E-state index is 2.53. The van der Waals surface area contributed by atoms with Crippen molar-refractivity contribution in [3.63, 3.8) is 0 Å². The summed E-state index contributed by atoms with van der Waals surface area (Å²) in [6, 6.07) is 30.2. The van der Waals surface area contributed by atoms with E-state index < -0.39 is 7.26 Å². The summed E-state index contributed by atoms with van der Waals surface area (Å²) >= 11 is 0. The SMILES string of the molecule is CCCC[P+](CCCC)(CCCC)Cc1cccc(-c2ccc3ccc4cccc5ccc2c3c45)c1.[Br-]. The van der Waals surface area contributed by atoms with Crippen LogP contribution in [0.25, 0.3) is 43.4 Å². The smallest absolute Gasteiger partial charge is 0.0843 e. The Morgan fingerprint density at radius 3 is 1.73 bits per heavy atom. The van der Waals surface area contributed by atoms with Gasteiger partial charge in [-0.15, -0.1) is 0 Å². The molecule has 2 heteroatoms.